The molecule has 0 fully saturated rings. The summed E-state index contributed by atoms with van der Waals surface area (Å²) in [6.07, 6.45) is 0. The fraction of sp³-hybridized carbons (Fsp3) is 0. The molecule has 0 bridgehead atoms. The lowest BCUT2D eigenvalue weighted by Gasteiger charge is -2.02. The third-order valence-electron chi connectivity index (χ3n) is 2.46. The minimum atomic E-state index is -1.15. The SMILES string of the molecule is N#Cc1ccc2cc(C#N)c(C(=O)O)cc2c1. The Bertz CT molecular complexity index is 706. The molecule has 0 spiro atoms. The Hall–Kier alpha value is -2.85. The number of hydrogen-bond acceptors (Lipinski definition) is 3. The molecule has 0 radical (unpaired) electrons. The molecule has 2 aromatic rings. The van der Waals surface area contributed by atoms with Gasteiger partial charge in [-0.3, -0.25) is 0 Å². The number of carboxylic acids is 1. The van der Waals surface area contributed by atoms with Crippen molar-refractivity contribution in [2.45, 2.75) is 0 Å². The molecular formula is C13H6N2O2. The predicted molar refractivity (Wildman–Crippen MR) is 60.3 cm³/mol. The highest BCUT2D eigenvalue weighted by molar-refractivity contribution is 5.97. The first-order chi connectivity index (χ1) is 8.15. The first-order valence-electron chi connectivity index (χ1n) is 4.77. The number of benzene rings is 2. The Kier molecular flexibility index (Phi) is 2.48. The third kappa shape index (κ3) is 1.80. The third-order valence-corrected chi connectivity index (χ3v) is 2.46. The van der Waals surface area contributed by atoms with E-state index < -0.39 is 5.97 Å². The molecule has 0 unspecified atom stereocenters. The largest absolute Gasteiger partial charge is 0.478 e. The van der Waals surface area contributed by atoms with Crippen molar-refractivity contribution in [2.75, 3.05) is 0 Å². The van der Waals surface area contributed by atoms with Gasteiger partial charge in [0, 0.05) is 0 Å². The maximum atomic E-state index is 11.0. The summed E-state index contributed by atoms with van der Waals surface area (Å²) < 4.78 is 0. The molecule has 4 heteroatoms. The quantitative estimate of drug-likeness (QED) is 0.802. The molecule has 2 rings (SSSR count). The van der Waals surface area contributed by atoms with E-state index in [-0.39, 0.29) is 11.1 Å². The van der Waals surface area contributed by atoms with Crippen LogP contribution in [0.15, 0.2) is 30.3 Å². The molecule has 17 heavy (non-hydrogen) atoms. The van der Waals surface area contributed by atoms with Crippen LogP contribution in [0.1, 0.15) is 21.5 Å². The zero-order chi connectivity index (χ0) is 12.4. The summed E-state index contributed by atoms with van der Waals surface area (Å²) in [5.74, 6) is -1.15. The lowest BCUT2D eigenvalue weighted by atomic mass is 10.0. The Morgan fingerprint density at radius 3 is 2.41 bits per heavy atom. The number of nitriles is 2. The average Bonchev–Trinajstić information content (AvgIpc) is 2.36. The van der Waals surface area contributed by atoms with Gasteiger partial charge in [0.25, 0.3) is 0 Å². The Labute approximate surface area is 96.9 Å². The van der Waals surface area contributed by atoms with Crippen molar-refractivity contribution in [1.29, 1.82) is 10.5 Å². The minimum Gasteiger partial charge on any atom is -0.478 e. The molecule has 0 heterocycles. The summed E-state index contributed by atoms with van der Waals surface area (Å²) in [7, 11) is 0. The van der Waals surface area contributed by atoms with Crippen LogP contribution in [0.25, 0.3) is 10.8 Å². The van der Waals surface area contributed by atoms with Gasteiger partial charge in [0.2, 0.25) is 0 Å². The van der Waals surface area contributed by atoms with Crippen LogP contribution < -0.4 is 0 Å². The number of nitrogens with zero attached hydrogens (tertiary/aromatic N) is 2. The standard InChI is InChI=1S/C13H6N2O2/c14-6-8-1-2-9-4-11(7-15)12(13(16)17)5-10(9)3-8/h1-5H,(H,16,17). The zero-order valence-electron chi connectivity index (χ0n) is 8.64. The van der Waals surface area contributed by atoms with E-state index in [9.17, 15) is 4.79 Å². The Morgan fingerprint density at radius 1 is 1.06 bits per heavy atom. The maximum absolute atomic E-state index is 11.0. The maximum Gasteiger partial charge on any atom is 0.337 e. The lowest BCUT2D eigenvalue weighted by molar-refractivity contribution is 0.0696. The van der Waals surface area contributed by atoms with E-state index in [1.54, 1.807) is 18.2 Å². The number of carbonyl (C=O) groups is 1. The first-order valence-corrected chi connectivity index (χ1v) is 4.77. The van der Waals surface area contributed by atoms with Gasteiger partial charge in [-0.1, -0.05) is 6.07 Å². The Balaban J connectivity index is 2.81. The van der Waals surface area contributed by atoms with Crippen molar-refractivity contribution in [3.63, 3.8) is 0 Å². The molecule has 0 aliphatic rings. The van der Waals surface area contributed by atoms with Gasteiger partial charge < -0.3 is 5.11 Å². The van der Waals surface area contributed by atoms with E-state index in [4.69, 9.17) is 15.6 Å². The number of carboxylic acid groups (broad SMARTS) is 1. The highest BCUT2D eigenvalue weighted by Crippen LogP contribution is 2.21. The van der Waals surface area contributed by atoms with E-state index in [1.165, 1.54) is 12.1 Å². The molecule has 80 valence electrons. The van der Waals surface area contributed by atoms with Crippen LogP contribution in [0, 0.1) is 22.7 Å². The van der Waals surface area contributed by atoms with Crippen LogP contribution in [0.2, 0.25) is 0 Å². The fourth-order valence-electron chi connectivity index (χ4n) is 1.64. The molecule has 1 N–H and O–H groups in total. The van der Waals surface area contributed by atoms with Crippen molar-refractivity contribution in [2.24, 2.45) is 0 Å². The molecular weight excluding hydrogens is 216 g/mol. The van der Waals surface area contributed by atoms with Crippen LogP contribution in [0.5, 0.6) is 0 Å². The van der Waals surface area contributed by atoms with Gasteiger partial charge >= 0.3 is 5.97 Å². The molecule has 2 aromatic carbocycles. The summed E-state index contributed by atoms with van der Waals surface area (Å²) in [4.78, 5) is 11.0. The Morgan fingerprint density at radius 2 is 1.82 bits per heavy atom. The second kappa shape index (κ2) is 3.96. The van der Waals surface area contributed by atoms with Crippen LogP contribution in [-0.4, -0.2) is 11.1 Å². The monoisotopic (exact) mass is 222 g/mol. The topological polar surface area (TPSA) is 84.9 Å². The van der Waals surface area contributed by atoms with Crippen molar-refractivity contribution in [1.82, 2.24) is 0 Å². The van der Waals surface area contributed by atoms with Crippen molar-refractivity contribution < 1.29 is 9.90 Å². The molecule has 0 saturated carbocycles. The minimum absolute atomic E-state index is 0.0462. The molecule has 0 saturated heterocycles. The van der Waals surface area contributed by atoms with Gasteiger partial charge in [-0.15, -0.1) is 0 Å². The normalized spacial score (nSPS) is 9.53. The van der Waals surface area contributed by atoms with Gasteiger partial charge in [0.15, 0.2) is 0 Å². The lowest BCUT2D eigenvalue weighted by Crippen LogP contribution is -2.00. The summed E-state index contributed by atoms with van der Waals surface area (Å²) >= 11 is 0. The fourth-order valence-corrected chi connectivity index (χ4v) is 1.64. The predicted octanol–water partition coefficient (Wildman–Crippen LogP) is 2.28. The molecule has 0 amide bonds. The van der Waals surface area contributed by atoms with Crippen molar-refractivity contribution in [3.05, 3.63) is 47.0 Å². The summed E-state index contributed by atoms with van der Waals surface area (Å²) in [6.45, 7) is 0. The smallest absolute Gasteiger partial charge is 0.337 e. The molecule has 0 atom stereocenters. The van der Waals surface area contributed by atoms with E-state index in [0.717, 1.165) is 5.39 Å². The average molecular weight is 222 g/mol. The summed E-state index contributed by atoms with van der Waals surface area (Å²) in [5.41, 5.74) is 0.531. The van der Waals surface area contributed by atoms with E-state index in [0.29, 0.717) is 10.9 Å². The van der Waals surface area contributed by atoms with E-state index >= 15 is 0 Å². The van der Waals surface area contributed by atoms with E-state index in [1.807, 2.05) is 12.1 Å². The molecule has 0 aromatic heterocycles. The van der Waals surface area contributed by atoms with Crippen LogP contribution >= 0.6 is 0 Å². The zero-order valence-corrected chi connectivity index (χ0v) is 8.64. The van der Waals surface area contributed by atoms with Crippen molar-refractivity contribution >= 4 is 16.7 Å². The number of fused-ring (bicyclic) bond motifs is 1. The van der Waals surface area contributed by atoms with Gasteiger partial charge in [0.1, 0.15) is 6.07 Å². The molecule has 4 nitrogen and oxygen atoms in total. The van der Waals surface area contributed by atoms with Gasteiger partial charge in [-0.2, -0.15) is 10.5 Å². The van der Waals surface area contributed by atoms with Crippen LogP contribution in [0.3, 0.4) is 0 Å². The first kappa shape index (κ1) is 10.7. The van der Waals surface area contributed by atoms with Gasteiger partial charge in [0.05, 0.1) is 22.8 Å². The van der Waals surface area contributed by atoms with Crippen LogP contribution in [-0.2, 0) is 0 Å². The second-order valence-electron chi connectivity index (χ2n) is 3.49. The summed E-state index contributed by atoms with van der Waals surface area (Å²) in [5, 5.41) is 28.0. The number of aromatic carboxylic acids is 1. The molecule has 0 aliphatic carbocycles. The van der Waals surface area contributed by atoms with Gasteiger partial charge in [-0.05, 0) is 35.0 Å². The molecule has 0 aliphatic heterocycles. The summed E-state index contributed by atoms with van der Waals surface area (Å²) in [6, 6.07) is 11.7. The van der Waals surface area contributed by atoms with E-state index in [2.05, 4.69) is 0 Å². The van der Waals surface area contributed by atoms with Crippen molar-refractivity contribution in [3.8, 4) is 12.1 Å². The highest BCUT2D eigenvalue weighted by atomic mass is 16.4. The highest BCUT2D eigenvalue weighted by Gasteiger charge is 2.11. The number of hydrogen-bond donors (Lipinski definition) is 1. The number of rotatable bonds is 1. The van der Waals surface area contributed by atoms with Gasteiger partial charge in [-0.25, -0.2) is 4.79 Å². The van der Waals surface area contributed by atoms with Crippen LogP contribution in [0.4, 0.5) is 0 Å². The second-order valence-corrected chi connectivity index (χ2v) is 3.49.